The molecule has 0 spiro atoms. The molecule has 0 aliphatic carbocycles. The number of nitrogens with two attached hydrogens (primary N) is 1. The largest absolute Gasteiger partial charge is 0.493 e. The molecule has 2 aromatic carbocycles. The number of hydrogen-bond acceptors (Lipinski definition) is 4. The fourth-order valence-corrected chi connectivity index (χ4v) is 1.79. The minimum atomic E-state index is 0.448. The average Bonchev–Trinajstić information content (AvgIpc) is 2.47. The molecular weight excluding hydrogens is 254 g/mol. The predicted octanol–water partition coefficient (Wildman–Crippen LogP) is 3.04. The Balaban J connectivity index is 1.83. The van der Waals surface area contributed by atoms with Gasteiger partial charge >= 0.3 is 0 Å². The zero-order chi connectivity index (χ0) is 14.4. The van der Waals surface area contributed by atoms with Gasteiger partial charge < -0.3 is 19.9 Å². The molecule has 2 aromatic rings. The van der Waals surface area contributed by atoms with E-state index in [1.807, 2.05) is 49.4 Å². The van der Waals surface area contributed by atoms with Gasteiger partial charge in [-0.15, -0.1) is 0 Å². The molecule has 4 heteroatoms. The van der Waals surface area contributed by atoms with Crippen molar-refractivity contribution in [3.05, 3.63) is 48.0 Å². The van der Waals surface area contributed by atoms with Crippen LogP contribution in [-0.4, -0.2) is 20.3 Å². The smallest absolute Gasteiger partial charge is 0.161 e. The van der Waals surface area contributed by atoms with Crippen LogP contribution in [0.2, 0.25) is 0 Å². The van der Waals surface area contributed by atoms with Crippen LogP contribution in [0, 0.1) is 6.92 Å². The standard InChI is InChI=1S/C16H19NO3/c1-12-11-13(7-8-14(12)17)19-9-10-20-16-6-4-3-5-15(16)18-2/h3-8,11H,9-10,17H2,1-2H3. The van der Waals surface area contributed by atoms with Crippen LogP contribution in [0.4, 0.5) is 5.69 Å². The highest BCUT2D eigenvalue weighted by Gasteiger charge is 2.02. The van der Waals surface area contributed by atoms with Crippen LogP contribution < -0.4 is 19.9 Å². The van der Waals surface area contributed by atoms with Crippen LogP contribution >= 0.6 is 0 Å². The zero-order valence-electron chi connectivity index (χ0n) is 11.8. The molecule has 2 N–H and O–H groups in total. The van der Waals surface area contributed by atoms with Crippen molar-refractivity contribution in [2.24, 2.45) is 0 Å². The van der Waals surface area contributed by atoms with Gasteiger partial charge in [-0.25, -0.2) is 0 Å². The van der Waals surface area contributed by atoms with Crippen molar-refractivity contribution in [3.8, 4) is 17.2 Å². The van der Waals surface area contributed by atoms with Gasteiger partial charge in [-0.2, -0.15) is 0 Å². The van der Waals surface area contributed by atoms with Crippen molar-refractivity contribution in [2.45, 2.75) is 6.92 Å². The summed E-state index contributed by atoms with van der Waals surface area (Å²) in [6, 6.07) is 13.1. The highest BCUT2D eigenvalue weighted by molar-refractivity contribution is 5.49. The summed E-state index contributed by atoms with van der Waals surface area (Å²) in [5.41, 5.74) is 7.53. The van der Waals surface area contributed by atoms with E-state index in [1.54, 1.807) is 7.11 Å². The van der Waals surface area contributed by atoms with E-state index >= 15 is 0 Å². The Kier molecular flexibility index (Phi) is 4.71. The van der Waals surface area contributed by atoms with E-state index in [0.717, 1.165) is 22.7 Å². The third-order valence-corrected chi connectivity index (χ3v) is 2.92. The van der Waals surface area contributed by atoms with Crippen LogP contribution in [0.15, 0.2) is 42.5 Å². The number of methoxy groups -OCH3 is 1. The van der Waals surface area contributed by atoms with Crippen molar-refractivity contribution < 1.29 is 14.2 Å². The summed E-state index contributed by atoms with van der Waals surface area (Å²) in [7, 11) is 1.62. The monoisotopic (exact) mass is 273 g/mol. The molecule has 0 heterocycles. The highest BCUT2D eigenvalue weighted by atomic mass is 16.5. The fourth-order valence-electron chi connectivity index (χ4n) is 1.79. The second-order valence-electron chi connectivity index (χ2n) is 4.37. The van der Waals surface area contributed by atoms with Crippen molar-refractivity contribution in [2.75, 3.05) is 26.1 Å². The van der Waals surface area contributed by atoms with Gasteiger partial charge in [0, 0.05) is 5.69 Å². The van der Waals surface area contributed by atoms with Gasteiger partial charge in [-0.3, -0.25) is 0 Å². The molecule has 2 rings (SSSR count). The molecule has 0 radical (unpaired) electrons. The lowest BCUT2D eigenvalue weighted by molar-refractivity contribution is 0.211. The maximum Gasteiger partial charge on any atom is 0.161 e. The molecule has 0 atom stereocenters. The van der Waals surface area contributed by atoms with Crippen LogP contribution in [0.1, 0.15) is 5.56 Å². The van der Waals surface area contributed by atoms with Gasteiger partial charge in [0.1, 0.15) is 19.0 Å². The summed E-state index contributed by atoms with van der Waals surface area (Å²) in [5.74, 6) is 2.23. The maximum absolute atomic E-state index is 5.76. The lowest BCUT2D eigenvalue weighted by Crippen LogP contribution is -2.09. The van der Waals surface area contributed by atoms with E-state index in [0.29, 0.717) is 19.0 Å². The summed E-state index contributed by atoms with van der Waals surface area (Å²) < 4.78 is 16.5. The lowest BCUT2D eigenvalue weighted by atomic mass is 10.2. The van der Waals surface area contributed by atoms with Gasteiger partial charge in [0.25, 0.3) is 0 Å². The second kappa shape index (κ2) is 6.70. The third-order valence-electron chi connectivity index (χ3n) is 2.92. The van der Waals surface area contributed by atoms with Gasteiger partial charge in [-0.05, 0) is 42.8 Å². The first kappa shape index (κ1) is 14.1. The van der Waals surface area contributed by atoms with Crippen LogP contribution in [-0.2, 0) is 0 Å². The Morgan fingerprint density at radius 1 is 0.950 bits per heavy atom. The van der Waals surface area contributed by atoms with E-state index in [4.69, 9.17) is 19.9 Å². The fraction of sp³-hybridized carbons (Fsp3) is 0.250. The quantitative estimate of drug-likeness (QED) is 0.649. The normalized spacial score (nSPS) is 10.1. The Morgan fingerprint density at radius 2 is 1.65 bits per heavy atom. The molecule has 0 unspecified atom stereocenters. The number of rotatable bonds is 6. The highest BCUT2D eigenvalue weighted by Crippen LogP contribution is 2.25. The third kappa shape index (κ3) is 3.57. The Labute approximate surface area is 119 Å². The number of aryl methyl sites for hydroxylation is 1. The molecule has 0 saturated heterocycles. The maximum atomic E-state index is 5.76. The molecule has 4 nitrogen and oxygen atoms in total. The van der Waals surface area contributed by atoms with E-state index in [2.05, 4.69) is 0 Å². The van der Waals surface area contributed by atoms with Gasteiger partial charge in [0.15, 0.2) is 11.5 Å². The van der Waals surface area contributed by atoms with Gasteiger partial charge in [-0.1, -0.05) is 12.1 Å². The van der Waals surface area contributed by atoms with Crippen molar-refractivity contribution in [3.63, 3.8) is 0 Å². The number of nitrogen functional groups attached to an aromatic ring is 1. The number of benzene rings is 2. The second-order valence-corrected chi connectivity index (χ2v) is 4.37. The minimum Gasteiger partial charge on any atom is -0.493 e. The molecule has 0 aliphatic heterocycles. The molecule has 20 heavy (non-hydrogen) atoms. The summed E-state index contributed by atoms with van der Waals surface area (Å²) in [4.78, 5) is 0. The number of anilines is 1. The van der Waals surface area contributed by atoms with Gasteiger partial charge in [0.05, 0.1) is 7.11 Å². The van der Waals surface area contributed by atoms with Crippen molar-refractivity contribution in [1.82, 2.24) is 0 Å². The summed E-state index contributed by atoms with van der Waals surface area (Å²) in [5, 5.41) is 0. The first-order valence-electron chi connectivity index (χ1n) is 6.45. The van der Waals surface area contributed by atoms with E-state index in [9.17, 15) is 0 Å². The number of hydrogen-bond donors (Lipinski definition) is 1. The topological polar surface area (TPSA) is 53.7 Å². The zero-order valence-corrected chi connectivity index (χ0v) is 11.8. The average molecular weight is 273 g/mol. The minimum absolute atomic E-state index is 0.448. The van der Waals surface area contributed by atoms with Crippen LogP contribution in [0.5, 0.6) is 17.2 Å². The Morgan fingerprint density at radius 3 is 2.35 bits per heavy atom. The Hall–Kier alpha value is -2.36. The SMILES string of the molecule is COc1ccccc1OCCOc1ccc(N)c(C)c1. The molecule has 0 amide bonds. The number of ether oxygens (including phenoxy) is 3. The summed E-state index contributed by atoms with van der Waals surface area (Å²) >= 11 is 0. The molecule has 106 valence electrons. The molecule has 0 bridgehead atoms. The molecule has 0 saturated carbocycles. The van der Waals surface area contributed by atoms with Crippen molar-refractivity contribution >= 4 is 5.69 Å². The van der Waals surface area contributed by atoms with E-state index in [-0.39, 0.29) is 0 Å². The van der Waals surface area contributed by atoms with Gasteiger partial charge in [0.2, 0.25) is 0 Å². The summed E-state index contributed by atoms with van der Waals surface area (Å²) in [6.45, 7) is 2.86. The first-order chi connectivity index (χ1) is 9.70. The van der Waals surface area contributed by atoms with Crippen LogP contribution in [0.3, 0.4) is 0 Å². The molecule has 0 aliphatic rings. The predicted molar refractivity (Wildman–Crippen MR) is 79.6 cm³/mol. The lowest BCUT2D eigenvalue weighted by Gasteiger charge is -2.11. The van der Waals surface area contributed by atoms with Crippen LogP contribution in [0.25, 0.3) is 0 Å². The Bertz CT molecular complexity index is 569. The number of para-hydroxylation sites is 2. The van der Waals surface area contributed by atoms with Crippen molar-refractivity contribution in [1.29, 1.82) is 0 Å². The molecule has 0 aromatic heterocycles. The molecular formula is C16H19NO3. The van der Waals surface area contributed by atoms with E-state index < -0.39 is 0 Å². The van der Waals surface area contributed by atoms with E-state index in [1.165, 1.54) is 0 Å². The summed E-state index contributed by atoms with van der Waals surface area (Å²) in [6.07, 6.45) is 0. The molecule has 0 fully saturated rings. The first-order valence-corrected chi connectivity index (χ1v) is 6.45.